The van der Waals surface area contributed by atoms with E-state index in [-0.39, 0.29) is 11.8 Å². The lowest BCUT2D eigenvalue weighted by molar-refractivity contribution is -0.122. The molecule has 0 saturated heterocycles. The Morgan fingerprint density at radius 2 is 1.53 bits per heavy atom. The van der Waals surface area contributed by atoms with E-state index in [1.54, 1.807) is 0 Å². The molecule has 19 heavy (non-hydrogen) atoms. The molecule has 0 aliphatic rings. The van der Waals surface area contributed by atoms with Gasteiger partial charge in [0.15, 0.2) is 0 Å². The molecule has 0 fully saturated rings. The molecule has 0 aromatic heterocycles. The molecule has 2 N–H and O–H groups in total. The predicted molar refractivity (Wildman–Crippen MR) is 75.8 cm³/mol. The van der Waals surface area contributed by atoms with E-state index in [4.69, 9.17) is 4.74 Å². The van der Waals surface area contributed by atoms with Crippen molar-refractivity contribution in [2.24, 2.45) is 5.92 Å². The summed E-state index contributed by atoms with van der Waals surface area (Å²) in [6.07, 6.45) is 2.76. The van der Waals surface area contributed by atoms with E-state index in [2.05, 4.69) is 10.6 Å². The van der Waals surface area contributed by atoms with Crippen LogP contribution in [-0.2, 0) is 14.3 Å². The lowest BCUT2D eigenvalue weighted by Gasteiger charge is -2.08. The van der Waals surface area contributed by atoms with Gasteiger partial charge >= 0.3 is 0 Å². The second-order valence-corrected chi connectivity index (χ2v) is 4.97. The molecule has 0 rings (SSSR count). The minimum atomic E-state index is 0.0767. The van der Waals surface area contributed by atoms with Crippen LogP contribution in [0, 0.1) is 5.92 Å². The van der Waals surface area contributed by atoms with Gasteiger partial charge in [0.1, 0.15) is 0 Å². The van der Waals surface area contributed by atoms with Crippen molar-refractivity contribution in [1.82, 2.24) is 10.6 Å². The molecule has 0 atom stereocenters. The fourth-order valence-corrected chi connectivity index (χ4v) is 1.47. The number of rotatable bonds is 11. The number of nitrogens with one attached hydrogen (secondary N) is 2. The van der Waals surface area contributed by atoms with Gasteiger partial charge in [0.2, 0.25) is 11.8 Å². The zero-order valence-electron chi connectivity index (χ0n) is 12.5. The number of carbonyl (C=O) groups is 2. The quantitative estimate of drug-likeness (QED) is 0.560. The van der Waals surface area contributed by atoms with Crippen molar-refractivity contribution in [3.63, 3.8) is 0 Å². The van der Waals surface area contributed by atoms with E-state index in [0.717, 1.165) is 12.8 Å². The molecule has 112 valence electrons. The van der Waals surface area contributed by atoms with Crippen LogP contribution >= 0.6 is 0 Å². The van der Waals surface area contributed by atoms with Gasteiger partial charge in [-0.1, -0.05) is 20.8 Å². The number of hydrogen-bond acceptors (Lipinski definition) is 3. The summed E-state index contributed by atoms with van der Waals surface area (Å²) in [6, 6.07) is 0. The Bertz CT molecular complexity index is 255. The Hall–Kier alpha value is -1.10. The Kier molecular flexibility index (Phi) is 11.3. The Morgan fingerprint density at radius 3 is 2.00 bits per heavy atom. The fourth-order valence-electron chi connectivity index (χ4n) is 1.47. The largest absolute Gasteiger partial charge is 0.381 e. The first-order valence-electron chi connectivity index (χ1n) is 7.17. The molecule has 0 heterocycles. The fraction of sp³-hybridized carbons (Fsp3) is 0.857. The van der Waals surface area contributed by atoms with Crippen molar-refractivity contribution in [1.29, 1.82) is 0 Å². The minimum Gasteiger partial charge on any atom is -0.381 e. The molecule has 0 aliphatic carbocycles. The minimum absolute atomic E-state index is 0.0767. The monoisotopic (exact) mass is 272 g/mol. The maximum absolute atomic E-state index is 11.3. The van der Waals surface area contributed by atoms with Crippen molar-refractivity contribution in [3.8, 4) is 0 Å². The summed E-state index contributed by atoms with van der Waals surface area (Å²) in [7, 11) is 0. The van der Waals surface area contributed by atoms with Crippen LogP contribution in [-0.4, -0.2) is 38.1 Å². The number of carbonyl (C=O) groups excluding carboxylic acids is 2. The van der Waals surface area contributed by atoms with Crippen LogP contribution in [0.4, 0.5) is 0 Å². The van der Waals surface area contributed by atoms with Crippen LogP contribution in [0.3, 0.4) is 0 Å². The van der Waals surface area contributed by atoms with Crippen molar-refractivity contribution in [2.45, 2.75) is 46.5 Å². The Balaban J connectivity index is 3.19. The third-order valence-corrected chi connectivity index (χ3v) is 2.49. The SMILES string of the molecule is CCC(=O)NCCCOCCCNC(=O)CC(C)C. The van der Waals surface area contributed by atoms with Gasteiger partial charge in [0.25, 0.3) is 0 Å². The average molecular weight is 272 g/mol. The van der Waals surface area contributed by atoms with E-state index in [1.807, 2.05) is 20.8 Å². The van der Waals surface area contributed by atoms with E-state index in [0.29, 0.717) is 45.1 Å². The van der Waals surface area contributed by atoms with E-state index in [9.17, 15) is 9.59 Å². The summed E-state index contributed by atoms with van der Waals surface area (Å²) in [4.78, 5) is 22.3. The zero-order chi connectivity index (χ0) is 14.5. The zero-order valence-corrected chi connectivity index (χ0v) is 12.5. The smallest absolute Gasteiger partial charge is 0.220 e. The highest BCUT2D eigenvalue weighted by Gasteiger charge is 2.03. The molecular formula is C14H28N2O3. The molecule has 0 unspecified atom stereocenters. The molecule has 0 radical (unpaired) electrons. The molecule has 0 saturated carbocycles. The molecular weight excluding hydrogens is 244 g/mol. The third-order valence-electron chi connectivity index (χ3n) is 2.49. The van der Waals surface area contributed by atoms with Crippen LogP contribution in [0.15, 0.2) is 0 Å². The summed E-state index contributed by atoms with van der Waals surface area (Å²) < 4.78 is 5.41. The third kappa shape index (κ3) is 13.1. The Morgan fingerprint density at radius 1 is 1.00 bits per heavy atom. The lowest BCUT2D eigenvalue weighted by atomic mass is 10.1. The predicted octanol–water partition coefficient (Wildman–Crippen LogP) is 1.47. The topological polar surface area (TPSA) is 67.4 Å². The van der Waals surface area contributed by atoms with Crippen molar-refractivity contribution in [2.75, 3.05) is 26.3 Å². The van der Waals surface area contributed by atoms with Crippen molar-refractivity contribution >= 4 is 11.8 Å². The number of amides is 2. The van der Waals surface area contributed by atoms with Crippen molar-refractivity contribution in [3.05, 3.63) is 0 Å². The molecule has 0 spiro atoms. The Labute approximate surface area is 116 Å². The molecule has 2 amide bonds. The summed E-state index contributed by atoms with van der Waals surface area (Å²) in [5.41, 5.74) is 0. The maximum atomic E-state index is 11.3. The van der Waals surface area contributed by atoms with Gasteiger partial charge in [0, 0.05) is 39.1 Å². The van der Waals surface area contributed by atoms with E-state index in [1.165, 1.54) is 0 Å². The van der Waals surface area contributed by atoms with E-state index < -0.39 is 0 Å². The highest BCUT2D eigenvalue weighted by molar-refractivity contribution is 5.76. The molecule has 0 bridgehead atoms. The van der Waals surface area contributed by atoms with Gasteiger partial charge in [-0.15, -0.1) is 0 Å². The van der Waals surface area contributed by atoms with Crippen LogP contribution < -0.4 is 10.6 Å². The van der Waals surface area contributed by atoms with Gasteiger partial charge in [-0.3, -0.25) is 9.59 Å². The second-order valence-electron chi connectivity index (χ2n) is 4.97. The van der Waals surface area contributed by atoms with Crippen molar-refractivity contribution < 1.29 is 14.3 Å². The van der Waals surface area contributed by atoms with Crippen LogP contribution in [0.25, 0.3) is 0 Å². The first kappa shape index (κ1) is 17.9. The number of ether oxygens (including phenoxy) is 1. The maximum Gasteiger partial charge on any atom is 0.220 e. The summed E-state index contributed by atoms with van der Waals surface area (Å²) >= 11 is 0. The summed E-state index contributed by atoms with van der Waals surface area (Å²) in [5.74, 6) is 0.583. The molecule has 0 aromatic carbocycles. The second kappa shape index (κ2) is 12.0. The normalized spacial score (nSPS) is 10.5. The summed E-state index contributed by atoms with van der Waals surface area (Å²) in [6.45, 7) is 8.50. The van der Waals surface area contributed by atoms with Crippen LogP contribution in [0.2, 0.25) is 0 Å². The number of hydrogen-bond donors (Lipinski definition) is 2. The highest BCUT2D eigenvalue weighted by atomic mass is 16.5. The lowest BCUT2D eigenvalue weighted by Crippen LogP contribution is -2.26. The van der Waals surface area contributed by atoms with Crippen LogP contribution in [0.1, 0.15) is 46.5 Å². The van der Waals surface area contributed by atoms with Gasteiger partial charge in [0.05, 0.1) is 0 Å². The summed E-state index contributed by atoms with van der Waals surface area (Å²) in [5, 5.41) is 5.65. The molecule has 0 aromatic rings. The van der Waals surface area contributed by atoms with Gasteiger partial charge < -0.3 is 15.4 Å². The van der Waals surface area contributed by atoms with Gasteiger partial charge in [-0.25, -0.2) is 0 Å². The first-order chi connectivity index (χ1) is 9.06. The first-order valence-corrected chi connectivity index (χ1v) is 7.17. The van der Waals surface area contributed by atoms with Gasteiger partial charge in [-0.05, 0) is 18.8 Å². The molecule has 5 heteroatoms. The van der Waals surface area contributed by atoms with E-state index >= 15 is 0 Å². The standard InChI is InChI=1S/C14H28N2O3/c1-4-13(17)15-7-5-9-19-10-6-8-16-14(18)11-12(2)3/h12H,4-11H2,1-3H3,(H,15,17)(H,16,18). The molecule has 0 aliphatic heterocycles. The van der Waals surface area contributed by atoms with Gasteiger partial charge in [-0.2, -0.15) is 0 Å². The average Bonchev–Trinajstić information content (AvgIpc) is 2.35. The van der Waals surface area contributed by atoms with Crippen LogP contribution in [0.5, 0.6) is 0 Å². The highest BCUT2D eigenvalue weighted by Crippen LogP contribution is 1.97. The molecule has 5 nitrogen and oxygen atoms in total.